The first-order chi connectivity index (χ1) is 7.70. The molecule has 2 unspecified atom stereocenters. The highest BCUT2D eigenvalue weighted by Gasteiger charge is 2.25. The molecule has 1 aliphatic heterocycles. The average Bonchev–Trinajstić information content (AvgIpc) is 2.76. The molecule has 0 N–H and O–H groups in total. The highest BCUT2D eigenvalue weighted by Crippen LogP contribution is 2.21. The minimum atomic E-state index is 0.180. The fourth-order valence-electron chi connectivity index (χ4n) is 1.93. The summed E-state index contributed by atoms with van der Waals surface area (Å²) in [6.07, 6.45) is 1.10. The van der Waals surface area contributed by atoms with Crippen molar-refractivity contribution in [2.75, 3.05) is 19.7 Å². The first kappa shape index (κ1) is 11.5. The quantitative estimate of drug-likeness (QED) is 0.778. The van der Waals surface area contributed by atoms with Gasteiger partial charge in [0.2, 0.25) is 5.89 Å². The summed E-state index contributed by atoms with van der Waals surface area (Å²) in [6, 6.07) is 0.180. The molecule has 0 bridgehead atoms. The molecule has 0 aromatic carbocycles. The number of aryl methyl sites for hydroxylation is 1. The average molecular weight is 225 g/mol. The van der Waals surface area contributed by atoms with Gasteiger partial charge < -0.3 is 9.26 Å². The van der Waals surface area contributed by atoms with Crippen molar-refractivity contribution < 1.29 is 9.26 Å². The van der Waals surface area contributed by atoms with Crippen LogP contribution in [-0.2, 0) is 11.2 Å². The van der Waals surface area contributed by atoms with Gasteiger partial charge in [-0.15, -0.1) is 0 Å². The van der Waals surface area contributed by atoms with Gasteiger partial charge in [-0.2, -0.15) is 4.98 Å². The monoisotopic (exact) mass is 225 g/mol. The number of ether oxygens (including phenoxy) is 1. The Balaban J connectivity index is 2.02. The van der Waals surface area contributed by atoms with Crippen LogP contribution < -0.4 is 0 Å². The zero-order chi connectivity index (χ0) is 11.5. The summed E-state index contributed by atoms with van der Waals surface area (Å²) in [6.45, 7) is 8.84. The Morgan fingerprint density at radius 3 is 3.00 bits per heavy atom. The van der Waals surface area contributed by atoms with Crippen LogP contribution in [0.4, 0.5) is 0 Å². The largest absolute Gasteiger partial charge is 0.376 e. The van der Waals surface area contributed by atoms with Crippen LogP contribution in [0.15, 0.2) is 4.52 Å². The zero-order valence-corrected chi connectivity index (χ0v) is 10.1. The Morgan fingerprint density at radius 2 is 2.38 bits per heavy atom. The number of hydrogen-bond donors (Lipinski definition) is 0. The van der Waals surface area contributed by atoms with Gasteiger partial charge in [-0.3, -0.25) is 4.90 Å². The summed E-state index contributed by atoms with van der Waals surface area (Å²) in [4.78, 5) is 6.69. The lowest BCUT2D eigenvalue weighted by molar-refractivity contribution is -0.0361. The van der Waals surface area contributed by atoms with Crippen molar-refractivity contribution in [3.05, 3.63) is 11.7 Å². The van der Waals surface area contributed by atoms with Crippen molar-refractivity contribution in [3.63, 3.8) is 0 Å². The normalized spacial score (nSPS) is 24.6. The molecular weight excluding hydrogens is 206 g/mol. The van der Waals surface area contributed by atoms with Crippen molar-refractivity contribution in [1.29, 1.82) is 0 Å². The second kappa shape index (κ2) is 4.93. The van der Waals surface area contributed by atoms with Crippen LogP contribution >= 0.6 is 0 Å². The van der Waals surface area contributed by atoms with E-state index >= 15 is 0 Å². The third-order valence-electron chi connectivity index (χ3n) is 2.98. The molecule has 5 nitrogen and oxygen atoms in total. The first-order valence-corrected chi connectivity index (χ1v) is 5.88. The predicted octanol–water partition coefficient (Wildman–Crippen LogP) is 1.41. The van der Waals surface area contributed by atoms with Gasteiger partial charge in [0.15, 0.2) is 5.82 Å². The van der Waals surface area contributed by atoms with E-state index in [2.05, 4.69) is 28.9 Å². The third-order valence-corrected chi connectivity index (χ3v) is 2.98. The SMILES string of the molecule is CCc1noc(C(C)N2CCOC(C)C2)n1. The maximum Gasteiger partial charge on any atom is 0.243 e. The Hall–Kier alpha value is -0.940. The van der Waals surface area contributed by atoms with E-state index in [4.69, 9.17) is 9.26 Å². The molecule has 1 saturated heterocycles. The number of hydrogen-bond acceptors (Lipinski definition) is 5. The number of morpholine rings is 1. The Bertz CT molecular complexity index is 340. The number of rotatable bonds is 3. The second-order valence-corrected chi connectivity index (χ2v) is 4.25. The van der Waals surface area contributed by atoms with Crippen molar-refractivity contribution in [2.24, 2.45) is 0 Å². The van der Waals surface area contributed by atoms with Gasteiger partial charge in [0.1, 0.15) is 0 Å². The molecule has 1 aliphatic rings. The summed E-state index contributed by atoms with van der Waals surface area (Å²) < 4.78 is 10.8. The Morgan fingerprint density at radius 1 is 1.56 bits per heavy atom. The van der Waals surface area contributed by atoms with Gasteiger partial charge >= 0.3 is 0 Å². The summed E-state index contributed by atoms with van der Waals surface area (Å²) in [5.41, 5.74) is 0. The van der Waals surface area contributed by atoms with Crippen LogP contribution in [0.5, 0.6) is 0 Å². The molecular formula is C11H19N3O2. The molecule has 2 atom stereocenters. The molecule has 90 valence electrons. The van der Waals surface area contributed by atoms with E-state index in [0.29, 0.717) is 5.89 Å². The zero-order valence-electron chi connectivity index (χ0n) is 10.1. The van der Waals surface area contributed by atoms with Crippen molar-refractivity contribution in [2.45, 2.75) is 39.3 Å². The molecule has 2 rings (SSSR count). The predicted molar refractivity (Wildman–Crippen MR) is 59.1 cm³/mol. The molecule has 16 heavy (non-hydrogen) atoms. The summed E-state index contributed by atoms with van der Waals surface area (Å²) >= 11 is 0. The van der Waals surface area contributed by atoms with Crippen LogP contribution in [0.25, 0.3) is 0 Å². The van der Waals surface area contributed by atoms with E-state index in [1.54, 1.807) is 0 Å². The maximum absolute atomic E-state index is 5.51. The molecule has 1 aromatic heterocycles. The van der Waals surface area contributed by atoms with Gasteiger partial charge in [0.05, 0.1) is 18.8 Å². The standard InChI is InChI=1S/C11H19N3O2/c1-4-10-12-11(16-13-10)9(3)14-5-6-15-8(2)7-14/h8-9H,4-7H2,1-3H3. The Kier molecular flexibility index (Phi) is 3.56. The van der Waals surface area contributed by atoms with E-state index in [1.807, 2.05) is 6.92 Å². The lowest BCUT2D eigenvalue weighted by Crippen LogP contribution is -2.42. The third kappa shape index (κ3) is 2.41. The summed E-state index contributed by atoms with van der Waals surface area (Å²) in [7, 11) is 0. The molecule has 0 radical (unpaired) electrons. The van der Waals surface area contributed by atoms with Crippen molar-refractivity contribution >= 4 is 0 Å². The summed E-state index contributed by atoms with van der Waals surface area (Å²) in [5.74, 6) is 1.49. The highest BCUT2D eigenvalue weighted by atomic mass is 16.5. The van der Waals surface area contributed by atoms with E-state index < -0.39 is 0 Å². The molecule has 2 heterocycles. The fourth-order valence-corrected chi connectivity index (χ4v) is 1.93. The van der Waals surface area contributed by atoms with E-state index in [1.165, 1.54) is 0 Å². The Labute approximate surface area is 95.8 Å². The molecule has 1 fully saturated rings. The summed E-state index contributed by atoms with van der Waals surface area (Å²) in [5, 5.41) is 3.93. The van der Waals surface area contributed by atoms with Crippen LogP contribution in [0.3, 0.4) is 0 Å². The van der Waals surface area contributed by atoms with Gasteiger partial charge in [-0.25, -0.2) is 0 Å². The minimum Gasteiger partial charge on any atom is -0.376 e. The minimum absolute atomic E-state index is 0.180. The molecule has 0 saturated carbocycles. The molecule has 0 spiro atoms. The number of nitrogens with zero attached hydrogens (tertiary/aromatic N) is 3. The van der Waals surface area contributed by atoms with Crippen LogP contribution in [0.2, 0.25) is 0 Å². The van der Waals surface area contributed by atoms with E-state index in [-0.39, 0.29) is 12.1 Å². The highest BCUT2D eigenvalue weighted by molar-refractivity contribution is 4.92. The number of aromatic nitrogens is 2. The van der Waals surface area contributed by atoms with Crippen LogP contribution in [0.1, 0.15) is 38.5 Å². The van der Waals surface area contributed by atoms with E-state index in [0.717, 1.165) is 31.9 Å². The van der Waals surface area contributed by atoms with Crippen molar-refractivity contribution in [1.82, 2.24) is 15.0 Å². The lowest BCUT2D eigenvalue weighted by atomic mass is 10.2. The molecule has 0 amide bonds. The van der Waals surface area contributed by atoms with Crippen molar-refractivity contribution in [3.8, 4) is 0 Å². The lowest BCUT2D eigenvalue weighted by Gasteiger charge is -2.33. The topological polar surface area (TPSA) is 51.4 Å². The smallest absolute Gasteiger partial charge is 0.243 e. The van der Waals surface area contributed by atoms with Gasteiger partial charge in [-0.1, -0.05) is 12.1 Å². The first-order valence-electron chi connectivity index (χ1n) is 5.88. The molecule has 5 heteroatoms. The van der Waals surface area contributed by atoms with E-state index in [9.17, 15) is 0 Å². The molecule has 1 aromatic rings. The molecule has 0 aliphatic carbocycles. The van der Waals surface area contributed by atoms with Gasteiger partial charge in [0, 0.05) is 19.5 Å². The fraction of sp³-hybridized carbons (Fsp3) is 0.818. The van der Waals surface area contributed by atoms with Gasteiger partial charge in [0.25, 0.3) is 0 Å². The maximum atomic E-state index is 5.51. The van der Waals surface area contributed by atoms with Gasteiger partial charge in [-0.05, 0) is 13.8 Å². The van der Waals surface area contributed by atoms with Crippen LogP contribution in [-0.4, -0.2) is 40.8 Å². The second-order valence-electron chi connectivity index (χ2n) is 4.25. The van der Waals surface area contributed by atoms with Crippen LogP contribution in [0, 0.1) is 0 Å².